The third-order valence-electron chi connectivity index (χ3n) is 11.1. The van der Waals surface area contributed by atoms with Gasteiger partial charge in [-0.25, -0.2) is 4.98 Å². The summed E-state index contributed by atoms with van der Waals surface area (Å²) in [7, 11) is 0. The highest BCUT2D eigenvalue weighted by Crippen LogP contribution is 2.20. The summed E-state index contributed by atoms with van der Waals surface area (Å²) in [6.45, 7) is 1.36. The van der Waals surface area contributed by atoms with Crippen molar-refractivity contribution in [3.8, 4) is 0 Å². The van der Waals surface area contributed by atoms with Crippen molar-refractivity contribution in [2.75, 3.05) is 13.1 Å². The molecule has 5 rings (SSSR count). The van der Waals surface area contributed by atoms with E-state index in [0.717, 1.165) is 10.9 Å². The molecule has 2 aromatic carbocycles. The molecule has 0 saturated carbocycles. The second-order valence-corrected chi connectivity index (χ2v) is 16.3. The summed E-state index contributed by atoms with van der Waals surface area (Å²) in [5, 5.41) is 19.6. The van der Waals surface area contributed by atoms with Gasteiger partial charge in [0.25, 0.3) is 0 Å². The lowest BCUT2D eigenvalue weighted by molar-refractivity contribution is -0.135. The molecule has 0 bridgehead atoms. The fourth-order valence-electron chi connectivity index (χ4n) is 7.52. The molecule has 0 aliphatic carbocycles. The first-order valence-corrected chi connectivity index (χ1v) is 22.2. The number of imidazole rings is 1. The van der Waals surface area contributed by atoms with Crippen LogP contribution in [-0.2, 0) is 57.6 Å². The molecule has 1 aliphatic rings. The number of nitrogens with zero attached hydrogens (tertiary/aromatic N) is 2. The third-order valence-corrected chi connectivity index (χ3v) is 11.1. The van der Waals surface area contributed by atoms with Crippen LogP contribution in [-0.4, -0.2) is 118 Å². The Bertz CT molecular complexity index is 2370. The highest BCUT2D eigenvalue weighted by molar-refractivity contribution is 5.98. The fourth-order valence-corrected chi connectivity index (χ4v) is 7.52. The predicted molar refractivity (Wildman–Crippen MR) is 247 cm³/mol. The third kappa shape index (κ3) is 15.7. The standard InChI is InChI=1S/C45H60N14O8/c1-2-3-13-31-40(63)56-33(16-17-37(46)60)42(65)59-36(21-28-23-49-25-53-28)44(67)57-34(19-26-10-5-4-6-11-26)43(66)55-32(15-9-18-50-45(47)48)41(64)58-35(39(62)52-24-38(61)54-31)20-27-22-51-30-14-8-7-12-29(27)30/h4-8,10-12,14,22-23,25,31-36,51H,2-3,9,13,15-21,24H2,1H3,(H2,46,60)(H,49,53)(H,52,62)(H,54,61)(H,55,66)(H,56,63)(H,57,67)(H,58,64)(H,59,65)(H4,47,48,50)/t31-,32-,33-,34+,35+,36-/m0/s1. The number of aliphatic imine (C=N–C) groups is 1. The summed E-state index contributed by atoms with van der Waals surface area (Å²) >= 11 is 0. The Labute approximate surface area is 386 Å². The van der Waals surface area contributed by atoms with Gasteiger partial charge in [0.15, 0.2) is 5.96 Å². The Balaban J connectivity index is 1.57. The zero-order chi connectivity index (χ0) is 48.3. The lowest BCUT2D eigenvalue weighted by atomic mass is 10.0. The highest BCUT2D eigenvalue weighted by Gasteiger charge is 2.35. The number of fused-ring (bicyclic) bond motifs is 1. The number of aromatic amines is 2. The van der Waals surface area contributed by atoms with Gasteiger partial charge in [-0.1, -0.05) is 68.3 Å². The van der Waals surface area contributed by atoms with Gasteiger partial charge in [0.05, 0.1) is 12.9 Å². The van der Waals surface area contributed by atoms with E-state index < -0.39 is 90.1 Å². The summed E-state index contributed by atoms with van der Waals surface area (Å²) in [5.74, 6) is -6.44. The zero-order valence-corrected chi connectivity index (χ0v) is 37.3. The first-order chi connectivity index (χ1) is 32.2. The molecule has 358 valence electrons. The van der Waals surface area contributed by atoms with Crippen LogP contribution in [0.3, 0.4) is 0 Å². The maximum atomic E-state index is 14.5. The smallest absolute Gasteiger partial charge is 0.243 e. The second kappa shape index (κ2) is 25.1. The molecule has 1 saturated heterocycles. The van der Waals surface area contributed by atoms with Crippen LogP contribution in [0, 0.1) is 0 Å². The van der Waals surface area contributed by atoms with E-state index in [1.165, 1.54) is 12.5 Å². The van der Waals surface area contributed by atoms with Crippen LogP contribution in [0.1, 0.15) is 68.7 Å². The maximum absolute atomic E-state index is 14.5. The van der Waals surface area contributed by atoms with E-state index >= 15 is 0 Å². The van der Waals surface area contributed by atoms with Crippen molar-refractivity contribution in [2.24, 2.45) is 22.2 Å². The lowest BCUT2D eigenvalue weighted by Crippen LogP contribution is -2.60. The minimum absolute atomic E-state index is 0.0183. The molecule has 0 unspecified atom stereocenters. The highest BCUT2D eigenvalue weighted by atomic mass is 16.2. The van der Waals surface area contributed by atoms with Crippen molar-refractivity contribution in [3.63, 3.8) is 0 Å². The van der Waals surface area contributed by atoms with E-state index in [2.05, 4.69) is 57.2 Å². The van der Waals surface area contributed by atoms with E-state index in [-0.39, 0.29) is 63.9 Å². The molecule has 1 aliphatic heterocycles. The maximum Gasteiger partial charge on any atom is 0.243 e. The van der Waals surface area contributed by atoms with Crippen molar-refractivity contribution in [2.45, 2.75) is 107 Å². The number of para-hydroxylation sites is 1. The number of unbranched alkanes of at least 4 members (excludes halogenated alkanes) is 1. The number of benzene rings is 2. The van der Waals surface area contributed by atoms with E-state index in [9.17, 15) is 38.4 Å². The number of hydrogen-bond donors (Lipinski definition) is 12. The Morgan fingerprint density at radius 1 is 0.642 bits per heavy atom. The Morgan fingerprint density at radius 3 is 1.84 bits per heavy atom. The van der Waals surface area contributed by atoms with Crippen molar-refractivity contribution < 1.29 is 38.4 Å². The molecule has 1 fully saturated rings. The Morgan fingerprint density at radius 2 is 1.21 bits per heavy atom. The molecular formula is C45H60N14O8. The van der Waals surface area contributed by atoms with Crippen LogP contribution in [0.2, 0.25) is 0 Å². The number of primary amides is 1. The number of nitrogens with one attached hydrogen (secondary N) is 9. The summed E-state index contributed by atoms with van der Waals surface area (Å²) in [5.41, 5.74) is 19.1. The van der Waals surface area contributed by atoms with Gasteiger partial charge in [-0.3, -0.25) is 43.3 Å². The van der Waals surface area contributed by atoms with Gasteiger partial charge in [-0.2, -0.15) is 0 Å². The number of amides is 8. The van der Waals surface area contributed by atoms with E-state index in [4.69, 9.17) is 17.2 Å². The number of carbonyl (C=O) groups excluding carboxylic acids is 8. The van der Waals surface area contributed by atoms with Gasteiger partial charge in [-0.15, -0.1) is 0 Å². The SMILES string of the molecule is CCCC[C@@H]1NC(=O)CNC(=O)[C@@H](Cc2c[nH]c3ccccc23)NC(=O)[C@H](CCCN=C(N)N)NC(=O)[C@@H](Cc2ccccc2)NC(=O)[C@H](Cc2cnc[nH]2)NC(=O)[C@H](CCC(N)=O)NC1=O. The van der Waals surface area contributed by atoms with Gasteiger partial charge in [0.1, 0.15) is 36.3 Å². The average Bonchev–Trinajstić information content (AvgIpc) is 3.98. The summed E-state index contributed by atoms with van der Waals surface area (Å²) < 4.78 is 0. The van der Waals surface area contributed by atoms with E-state index in [1.807, 2.05) is 31.2 Å². The van der Waals surface area contributed by atoms with Crippen molar-refractivity contribution >= 4 is 64.1 Å². The number of nitrogens with two attached hydrogens (primary N) is 3. The Kier molecular flexibility index (Phi) is 18.8. The number of hydrogen-bond acceptors (Lipinski definition) is 10. The number of carbonyl (C=O) groups is 8. The van der Waals surface area contributed by atoms with Crippen molar-refractivity contribution in [1.29, 1.82) is 0 Å². The first-order valence-electron chi connectivity index (χ1n) is 22.2. The van der Waals surface area contributed by atoms with Crippen molar-refractivity contribution in [3.05, 3.63) is 90.1 Å². The van der Waals surface area contributed by atoms with E-state index in [1.54, 1.807) is 36.5 Å². The summed E-state index contributed by atoms with van der Waals surface area (Å²) in [4.78, 5) is 125. The molecule has 8 amide bonds. The lowest BCUT2D eigenvalue weighted by Gasteiger charge is -2.27. The molecule has 0 radical (unpaired) electrons. The quantitative estimate of drug-likeness (QED) is 0.0347. The topological polar surface area (TPSA) is 356 Å². The number of guanidine groups is 1. The van der Waals surface area contributed by atoms with Gasteiger partial charge in [0.2, 0.25) is 47.3 Å². The molecule has 6 atom stereocenters. The van der Waals surface area contributed by atoms with Crippen LogP contribution in [0.15, 0.2) is 78.3 Å². The molecule has 2 aromatic heterocycles. The number of rotatable bonds is 16. The van der Waals surface area contributed by atoms with Gasteiger partial charge in [-0.05, 0) is 42.9 Å². The molecular weight excluding hydrogens is 865 g/mol. The van der Waals surface area contributed by atoms with Crippen LogP contribution < -0.4 is 54.4 Å². The van der Waals surface area contributed by atoms with Crippen LogP contribution in [0.5, 0.6) is 0 Å². The molecule has 15 N–H and O–H groups in total. The number of H-pyrrole nitrogens is 2. The normalized spacial score (nSPS) is 21.6. The van der Waals surface area contributed by atoms with E-state index in [0.29, 0.717) is 29.7 Å². The zero-order valence-electron chi connectivity index (χ0n) is 37.3. The molecule has 22 heteroatoms. The van der Waals surface area contributed by atoms with Crippen LogP contribution in [0.25, 0.3) is 10.9 Å². The molecule has 0 spiro atoms. The minimum atomic E-state index is -1.42. The first kappa shape index (κ1) is 50.2. The summed E-state index contributed by atoms with van der Waals surface area (Å²) in [6.07, 6.45) is 5.12. The Hall–Kier alpha value is -7.78. The number of aromatic nitrogens is 3. The predicted octanol–water partition coefficient (Wildman–Crippen LogP) is -1.53. The molecule has 4 aromatic rings. The van der Waals surface area contributed by atoms with Gasteiger partial charge < -0.3 is 64.4 Å². The average molecular weight is 925 g/mol. The second-order valence-electron chi connectivity index (χ2n) is 16.3. The van der Waals surface area contributed by atoms with Crippen LogP contribution >= 0.6 is 0 Å². The largest absolute Gasteiger partial charge is 0.370 e. The van der Waals surface area contributed by atoms with Gasteiger partial charge >= 0.3 is 0 Å². The monoisotopic (exact) mass is 924 g/mol. The summed E-state index contributed by atoms with van der Waals surface area (Å²) in [6, 6.07) is 8.17. The minimum Gasteiger partial charge on any atom is -0.370 e. The fraction of sp³-hybridized carbons (Fsp3) is 0.422. The van der Waals surface area contributed by atoms with Gasteiger partial charge in [0, 0.05) is 61.2 Å². The molecule has 3 heterocycles. The molecule has 67 heavy (non-hydrogen) atoms. The van der Waals surface area contributed by atoms with Crippen molar-refractivity contribution in [1.82, 2.24) is 52.2 Å². The molecule has 22 nitrogen and oxygen atoms in total. The van der Waals surface area contributed by atoms with Crippen LogP contribution in [0.4, 0.5) is 0 Å².